The van der Waals surface area contributed by atoms with Crippen molar-refractivity contribution < 1.29 is 4.92 Å². The zero-order valence-corrected chi connectivity index (χ0v) is 11.5. The zero-order chi connectivity index (χ0) is 13.8. The van der Waals surface area contributed by atoms with E-state index < -0.39 is 0 Å². The Hall–Kier alpha value is -1.53. The van der Waals surface area contributed by atoms with Crippen molar-refractivity contribution in [2.24, 2.45) is 0 Å². The average molecular weight is 264 g/mol. The van der Waals surface area contributed by atoms with Gasteiger partial charge in [-0.1, -0.05) is 0 Å². The molecule has 1 aromatic heterocycles. The van der Waals surface area contributed by atoms with E-state index in [1.807, 2.05) is 0 Å². The lowest BCUT2D eigenvalue weighted by molar-refractivity contribution is -0.386. The summed E-state index contributed by atoms with van der Waals surface area (Å²) in [6, 6.07) is 0. The number of nitrogens with one attached hydrogen (secondary N) is 1. The Morgan fingerprint density at radius 2 is 2.21 bits per heavy atom. The van der Waals surface area contributed by atoms with Gasteiger partial charge in [0, 0.05) is 37.0 Å². The lowest BCUT2D eigenvalue weighted by Crippen LogP contribution is -2.28. The Labute approximate surface area is 113 Å². The molecule has 6 nitrogen and oxygen atoms in total. The quantitative estimate of drug-likeness (QED) is 0.660. The molecule has 2 rings (SSSR count). The molecule has 0 bridgehead atoms. The molecule has 6 heteroatoms. The molecule has 0 aliphatic carbocycles. The molecule has 104 valence electrons. The molecule has 1 fully saturated rings. The molecular formula is C13H20N4O2. The highest BCUT2D eigenvalue weighted by atomic mass is 16.6. The van der Waals surface area contributed by atoms with Crippen LogP contribution in [0.4, 0.5) is 5.69 Å². The summed E-state index contributed by atoms with van der Waals surface area (Å²) in [6.07, 6.45) is 2.71. The third kappa shape index (κ3) is 3.27. The summed E-state index contributed by atoms with van der Waals surface area (Å²) in [5.41, 5.74) is 2.35. The highest BCUT2D eigenvalue weighted by molar-refractivity contribution is 5.47. The maximum atomic E-state index is 11.1. The molecule has 0 atom stereocenters. The van der Waals surface area contributed by atoms with Crippen LogP contribution in [-0.2, 0) is 6.54 Å². The van der Waals surface area contributed by atoms with Crippen molar-refractivity contribution in [1.82, 2.24) is 15.2 Å². The number of hydrogen-bond acceptors (Lipinski definition) is 5. The topological polar surface area (TPSA) is 71.3 Å². The van der Waals surface area contributed by atoms with Crippen molar-refractivity contribution in [2.75, 3.05) is 26.2 Å². The summed E-state index contributed by atoms with van der Waals surface area (Å²) < 4.78 is 0. The van der Waals surface area contributed by atoms with Gasteiger partial charge in [0.05, 0.1) is 10.6 Å². The van der Waals surface area contributed by atoms with Crippen molar-refractivity contribution in [3.63, 3.8) is 0 Å². The monoisotopic (exact) mass is 264 g/mol. The van der Waals surface area contributed by atoms with Crippen LogP contribution in [0.3, 0.4) is 0 Å². The predicted octanol–water partition coefficient (Wildman–Crippen LogP) is 1.40. The molecule has 1 aliphatic rings. The average Bonchev–Trinajstić information content (AvgIpc) is 2.61. The molecule has 2 heterocycles. The van der Waals surface area contributed by atoms with E-state index in [0.29, 0.717) is 17.7 Å². The third-order valence-corrected chi connectivity index (χ3v) is 3.56. The minimum Gasteiger partial charge on any atom is -0.315 e. The maximum absolute atomic E-state index is 11.1. The Bertz CT molecular complexity index is 468. The Morgan fingerprint density at radius 1 is 1.42 bits per heavy atom. The van der Waals surface area contributed by atoms with Gasteiger partial charge in [-0.2, -0.15) is 0 Å². The van der Waals surface area contributed by atoms with E-state index in [1.54, 1.807) is 20.0 Å². The number of pyridine rings is 1. The number of hydrogen-bond donors (Lipinski definition) is 1. The fourth-order valence-electron chi connectivity index (χ4n) is 2.48. The number of aromatic nitrogens is 1. The van der Waals surface area contributed by atoms with Crippen molar-refractivity contribution in [1.29, 1.82) is 0 Å². The fourth-order valence-corrected chi connectivity index (χ4v) is 2.48. The van der Waals surface area contributed by atoms with E-state index in [-0.39, 0.29) is 10.6 Å². The molecule has 1 aliphatic heterocycles. The largest absolute Gasteiger partial charge is 0.315 e. The minimum absolute atomic E-state index is 0.206. The van der Waals surface area contributed by atoms with Gasteiger partial charge in [0.25, 0.3) is 5.69 Å². The van der Waals surface area contributed by atoms with E-state index in [0.717, 1.165) is 38.3 Å². The smallest absolute Gasteiger partial charge is 0.278 e. The summed E-state index contributed by atoms with van der Waals surface area (Å²) in [6.45, 7) is 8.19. The van der Waals surface area contributed by atoms with Crippen LogP contribution >= 0.6 is 0 Å². The van der Waals surface area contributed by atoms with Crippen LogP contribution in [0, 0.1) is 24.0 Å². The molecule has 0 radical (unpaired) electrons. The van der Waals surface area contributed by atoms with Gasteiger partial charge in [0.2, 0.25) is 0 Å². The van der Waals surface area contributed by atoms with Gasteiger partial charge in [-0.15, -0.1) is 0 Å². The van der Waals surface area contributed by atoms with E-state index in [1.165, 1.54) is 0 Å². The molecule has 0 amide bonds. The predicted molar refractivity (Wildman–Crippen MR) is 73.1 cm³/mol. The van der Waals surface area contributed by atoms with Crippen molar-refractivity contribution in [3.05, 3.63) is 33.1 Å². The first-order valence-corrected chi connectivity index (χ1v) is 6.62. The van der Waals surface area contributed by atoms with Crippen LogP contribution < -0.4 is 5.32 Å². The zero-order valence-electron chi connectivity index (χ0n) is 11.5. The standard InChI is InChI=1S/C13H20N4O2/c1-10-8-15-12(11(2)13(10)17(18)19)9-16-6-3-4-14-5-7-16/h8,14H,3-7,9H2,1-2H3. The van der Waals surface area contributed by atoms with E-state index in [9.17, 15) is 10.1 Å². The lowest BCUT2D eigenvalue weighted by atomic mass is 10.1. The molecule has 0 aromatic carbocycles. The van der Waals surface area contributed by atoms with Gasteiger partial charge < -0.3 is 5.32 Å². The van der Waals surface area contributed by atoms with E-state index in [4.69, 9.17) is 0 Å². The second-order valence-electron chi connectivity index (χ2n) is 5.00. The normalized spacial score (nSPS) is 17.2. The van der Waals surface area contributed by atoms with E-state index in [2.05, 4.69) is 15.2 Å². The van der Waals surface area contributed by atoms with Crippen molar-refractivity contribution in [3.8, 4) is 0 Å². The summed E-state index contributed by atoms with van der Waals surface area (Å²) in [5, 5.41) is 14.4. The minimum atomic E-state index is -0.306. The van der Waals surface area contributed by atoms with Gasteiger partial charge in [0.1, 0.15) is 0 Å². The number of nitrogens with zero attached hydrogens (tertiary/aromatic N) is 3. The van der Waals surface area contributed by atoms with Crippen LogP contribution in [0.1, 0.15) is 23.2 Å². The first-order chi connectivity index (χ1) is 9.09. The van der Waals surface area contributed by atoms with Crippen molar-refractivity contribution in [2.45, 2.75) is 26.8 Å². The van der Waals surface area contributed by atoms with Gasteiger partial charge in [-0.25, -0.2) is 0 Å². The fraction of sp³-hybridized carbons (Fsp3) is 0.615. The molecule has 1 N–H and O–H groups in total. The number of rotatable bonds is 3. The molecule has 19 heavy (non-hydrogen) atoms. The second kappa shape index (κ2) is 6.08. The SMILES string of the molecule is Cc1cnc(CN2CCCNCC2)c(C)c1[N+](=O)[O-]. The summed E-state index contributed by atoms with van der Waals surface area (Å²) in [7, 11) is 0. The Balaban J connectivity index is 2.20. The Kier molecular flexibility index (Phi) is 4.44. The van der Waals surface area contributed by atoms with Crippen LogP contribution in [0.25, 0.3) is 0 Å². The summed E-state index contributed by atoms with van der Waals surface area (Å²) >= 11 is 0. The van der Waals surface area contributed by atoms with Crippen LogP contribution in [-0.4, -0.2) is 41.0 Å². The molecule has 1 saturated heterocycles. The molecule has 0 unspecified atom stereocenters. The van der Waals surface area contributed by atoms with Crippen LogP contribution in [0.15, 0.2) is 6.20 Å². The summed E-state index contributed by atoms with van der Waals surface area (Å²) in [4.78, 5) is 17.5. The highest BCUT2D eigenvalue weighted by Gasteiger charge is 2.20. The van der Waals surface area contributed by atoms with Gasteiger partial charge in [-0.05, 0) is 33.4 Å². The lowest BCUT2D eigenvalue weighted by Gasteiger charge is -2.20. The van der Waals surface area contributed by atoms with Gasteiger partial charge in [-0.3, -0.25) is 20.0 Å². The first kappa shape index (κ1) is 13.9. The number of nitro groups is 1. The molecule has 0 saturated carbocycles. The molecular weight excluding hydrogens is 244 g/mol. The third-order valence-electron chi connectivity index (χ3n) is 3.56. The van der Waals surface area contributed by atoms with Crippen molar-refractivity contribution >= 4 is 5.69 Å². The maximum Gasteiger partial charge on any atom is 0.278 e. The van der Waals surface area contributed by atoms with E-state index >= 15 is 0 Å². The van der Waals surface area contributed by atoms with Crippen LogP contribution in [0.5, 0.6) is 0 Å². The first-order valence-electron chi connectivity index (χ1n) is 6.62. The highest BCUT2D eigenvalue weighted by Crippen LogP contribution is 2.24. The molecule has 0 spiro atoms. The second-order valence-corrected chi connectivity index (χ2v) is 5.00. The molecule has 1 aromatic rings. The van der Waals surface area contributed by atoms with Gasteiger partial charge >= 0.3 is 0 Å². The van der Waals surface area contributed by atoms with Gasteiger partial charge in [0.15, 0.2) is 0 Å². The van der Waals surface area contributed by atoms with Crippen LogP contribution in [0.2, 0.25) is 0 Å². The number of aryl methyl sites for hydroxylation is 1. The summed E-state index contributed by atoms with van der Waals surface area (Å²) in [5.74, 6) is 0. The Morgan fingerprint density at radius 3 is 2.95 bits per heavy atom.